The third-order valence-electron chi connectivity index (χ3n) is 3.23. The molecule has 2 N–H and O–H groups in total. The van der Waals surface area contributed by atoms with Crippen LogP contribution in [0.3, 0.4) is 0 Å². The molecule has 0 spiro atoms. The maximum absolute atomic E-state index is 5.43. The summed E-state index contributed by atoms with van der Waals surface area (Å²) in [5.74, 6) is 2.16. The molecule has 0 fully saturated rings. The molecule has 0 amide bonds. The lowest BCUT2D eigenvalue weighted by Gasteiger charge is -2.15. The number of ether oxygens (including phenoxy) is 2. The smallest absolute Gasteiger partial charge is 0.191 e. The summed E-state index contributed by atoms with van der Waals surface area (Å²) < 4.78 is 10.7. The number of guanidine groups is 1. The van der Waals surface area contributed by atoms with Gasteiger partial charge in [0.25, 0.3) is 0 Å². The van der Waals surface area contributed by atoms with Gasteiger partial charge in [0.05, 0.1) is 20.8 Å². The number of methoxy groups -OCH3 is 2. The highest BCUT2D eigenvalue weighted by atomic mass is 32.1. The van der Waals surface area contributed by atoms with Gasteiger partial charge in [-0.15, -0.1) is 11.3 Å². The SMILES string of the molecule is CN=C(NCc1ncc(C)s1)NCc1cccc(OC)c1OC. The van der Waals surface area contributed by atoms with Gasteiger partial charge in [0.15, 0.2) is 17.5 Å². The zero-order chi connectivity index (χ0) is 16.7. The quantitative estimate of drug-likeness (QED) is 0.627. The summed E-state index contributed by atoms with van der Waals surface area (Å²) in [6, 6.07) is 5.80. The van der Waals surface area contributed by atoms with Gasteiger partial charge in [-0.2, -0.15) is 0 Å². The summed E-state index contributed by atoms with van der Waals surface area (Å²) in [5.41, 5.74) is 1.000. The molecule has 0 saturated carbocycles. The standard InChI is InChI=1S/C16H22N4O2S/c1-11-8-18-14(23-11)10-20-16(17-2)19-9-12-6-5-7-13(21-3)15(12)22-4/h5-8H,9-10H2,1-4H3,(H2,17,19,20). The van der Waals surface area contributed by atoms with Gasteiger partial charge in [-0.25, -0.2) is 4.98 Å². The zero-order valence-electron chi connectivity index (χ0n) is 13.8. The Morgan fingerprint density at radius 1 is 1.22 bits per heavy atom. The predicted octanol–water partition coefficient (Wildman–Crippen LogP) is 2.33. The van der Waals surface area contributed by atoms with E-state index in [0.29, 0.717) is 24.8 Å². The van der Waals surface area contributed by atoms with E-state index in [9.17, 15) is 0 Å². The number of thiazole rings is 1. The third-order valence-corrected chi connectivity index (χ3v) is 4.14. The van der Waals surface area contributed by atoms with Crippen LogP contribution in [0.5, 0.6) is 11.5 Å². The lowest BCUT2D eigenvalue weighted by atomic mass is 10.2. The number of aliphatic imine (C=N–C) groups is 1. The van der Waals surface area contributed by atoms with Gasteiger partial charge in [-0.1, -0.05) is 12.1 Å². The van der Waals surface area contributed by atoms with Crippen LogP contribution in [0.4, 0.5) is 0 Å². The Balaban J connectivity index is 1.95. The predicted molar refractivity (Wildman–Crippen MR) is 93.4 cm³/mol. The van der Waals surface area contributed by atoms with Gasteiger partial charge in [-0.05, 0) is 13.0 Å². The summed E-state index contributed by atoms with van der Waals surface area (Å²) in [4.78, 5) is 9.75. The van der Waals surface area contributed by atoms with Crippen molar-refractivity contribution in [1.82, 2.24) is 15.6 Å². The van der Waals surface area contributed by atoms with E-state index in [1.54, 1.807) is 32.6 Å². The molecule has 0 bridgehead atoms. The van der Waals surface area contributed by atoms with Crippen molar-refractivity contribution in [3.05, 3.63) is 39.8 Å². The van der Waals surface area contributed by atoms with Crippen molar-refractivity contribution in [2.45, 2.75) is 20.0 Å². The third kappa shape index (κ3) is 4.59. The minimum atomic E-state index is 0.580. The molecule has 6 nitrogen and oxygen atoms in total. The lowest BCUT2D eigenvalue weighted by Crippen LogP contribution is -2.36. The highest BCUT2D eigenvalue weighted by molar-refractivity contribution is 7.11. The molecule has 1 aromatic heterocycles. The van der Waals surface area contributed by atoms with E-state index in [4.69, 9.17) is 9.47 Å². The number of rotatable bonds is 6. The molecule has 23 heavy (non-hydrogen) atoms. The number of hydrogen-bond donors (Lipinski definition) is 2. The minimum absolute atomic E-state index is 0.580. The van der Waals surface area contributed by atoms with E-state index in [1.165, 1.54) is 4.88 Å². The Morgan fingerprint density at radius 3 is 2.61 bits per heavy atom. The first-order valence-corrected chi connectivity index (χ1v) is 8.05. The average Bonchev–Trinajstić information content (AvgIpc) is 2.99. The molecule has 0 unspecified atom stereocenters. The average molecular weight is 334 g/mol. The highest BCUT2D eigenvalue weighted by Crippen LogP contribution is 2.30. The van der Waals surface area contributed by atoms with Crippen molar-refractivity contribution in [2.75, 3.05) is 21.3 Å². The van der Waals surface area contributed by atoms with Crippen molar-refractivity contribution in [2.24, 2.45) is 4.99 Å². The van der Waals surface area contributed by atoms with E-state index in [2.05, 4.69) is 20.6 Å². The molecule has 1 heterocycles. The van der Waals surface area contributed by atoms with Gasteiger partial charge in [0, 0.05) is 30.2 Å². The first-order chi connectivity index (χ1) is 11.2. The second-order valence-electron chi connectivity index (χ2n) is 4.80. The Hall–Kier alpha value is -2.28. The zero-order valence-corrected chi connectivity index (χ0v) is 14.7. The Morgan fingerprint density at radius 2 is 2.00 bits per heavy atom. The molecule has 0 aliphatic heterocycles. The summed E-state index contributed by atoms with van der Waals surface area (Å²) >= 11 is 1.67. The number of nitrogens with zero attached hydrogens (tertiary/aromatic N) is 2. The number of hydrogen-bond acceptors (Lipinski definition) is 5. The number of para-hydroxylation sites is 1. The highest BCUT2D eigenvalue weighted by Gasteiger charge is 2.10. The summed E-state index contributed by atoms with van der Waals surface area (Å²) in [7, 11) is 5.01. The van der Waals surface area contributed by atoms with Crippen LogP contribution in [0.15, 0.2) is 29.4 Å². The molecule has 0 aliphatic rings. The van der Waals surface area contributed by atoms with Crippen LogP contribution in [-0.2, 0) is 13.1 Å². The maximum atomic E-state index is 5.43. The maximum Gasteiger partial charge on any atom is 0.191 e. The van der Waals surface area contributed by atoms with Crippen molar-refractivity contribution >= 4 is 17.3 Å². The van der Waals surface area contributed by atoms with Crippen LogP contribution in [0.25, 0.3) is 0 Å². The second kappa shape index (κ2) is 8.38. The van der Waals surface area contributed by atoms with Crippen molar-refractivity contribution in [3.8, 4) is 11.5 Å². The molecule has 0 aliphatic carbocycles. The molecular weight excluding hydrogens is 312 g/mol. The molecular formula is C16H22N4O2S. The van der Waals surface area contributed by atoms with Crippen LogP contribution < -0.4 is 20.1 Å². The van der Waals surface area contributed by atoms with Crippen molar-refractivity contribution in [1.29, 1.82) is 0 Å². The first-order valence-electron chi connectivity index (χ1n) is 7.23. The minimum Gasteiger partial charge on any atom is -0.493 e. The summed E-state index contributed by atoms with van der Waals surface area (Å²) in [5, 5.41) is 7.55. The van der Waals surface area contributed by atoms with E-state index in [-0.39, 0.29) is 0 Å². The van der Waals surface area contributed by atoms with Crippen LogP contribution in [0, 0.1) is 6.92 Å². The number of nitrogens with one attached hydrogen (secondary N) is 2. The molecule has 2 rings (SSSR count). The van der Waals surface area contributed by atoms with Crippen LogP contribution in [-0.4, -0.2) is 32.2 Å². The van der Waals surface area contributed by atoms with Gasteiger partial charge in [0.2, 0.25) is 0 Å². The molecule has 1 aromatic carbocycles. The van der Waals surface area contributed by atoms with E-state index < -0.39 is 0 Å². The largest absolute Gasteiger partial charge is 0.493 e. The topological polar surface area (TPSA) is 67.8 Å². The molecule has 0 radical (unpaired) electrons. The van der Waals surface area contributed by atoms with E-state index >= 15 is 0 Å². The van der Waals surface area contributed by atoms with E-state index in [0.717, 1.165) is 16.3 Å². The fourth-order valence-electron chi connectivity index (χ4n) is 2.13. The van der Waals surface area contributed by atoms with Crippen molar-refractivity contribution in [3.63, 3.8) is 0 Å². The first kappa shape index (κ1) is 17.1. The Labute approximate surface area is 140 Å². The molecule has 2 aromatic rings. The Bertz CT molecular complexity index is 670. The molecule has 7 heteroatoms. The molecule has 0 atom stereocenters. The van der Waals surface area contributed by atoms with Crippen LogP contribution in [0.1, 0.15) is 15.4 Å². The number of aromatic nitrogens is 1. The number of benzene rings is 1. The van der Waals surface area contributed by atoms with Gasteiger partial charge < -0.3 is 20.1 Å². The van der Waals surface area contributed by atoms with Crippen molar-refractivity contribution < 1.29 is 9.47 Å². The fourth-order valence-corrected chi connectivity index (χ4v) is 2.86. The normalized spacial score (nSPS) is 11.2. The fraction of sp³-hybridized carbons (Fsp3) is 0.375. The van der Waals surface area contributed by atoms with Gasteiger partial charge in [0.1, 0.15) is 5.01 Å². The summed E-state index contributed by atoms with van der Waals surface area (Å²) in [6.45, 7) is 3.27. The second-order valence-corrected chi connectivity index (χ2v) is 6.12. The van der Waals surface area contributed by atoms with Gasteiger partial charge in [-0.3, -0.25) is 4.99 Å². The van der Waals surface area contributed by atoms with Crippen LogP contribution in [0.2, 0.25) is 0 Å². The number of aryl methyl sites for hydroxylation is 1. The van der Waals surface area contributed by atoms with Crippen LogP contribution >= 0.6 is 11.3 Å². The van der Waals surface area contributed by atoms with Gasteiger partial charge >= 0.3 is 0 Å². The molecule has 124 valence electrons. The summed E-state index contributed by atoms with van der Waals surface area (Å²) in [6.07, 6.45) is 1.87. The van der Waals surface area contributed by atoms with E-state index in [1.807, 2.05) is 31.3 Å². The Kier molecular flexibility index (Phi) is 6.22. The molecule has 0 saturated heterocycles. The monoisotopic (exact) mass is 334 g/mol. The lowest BCUT2D eigenvalue weighted by molar-refractivity contribution is 0.351.